The fraction of sp³-hybridized carbons (Fsp3) is 0.467. The van der Waals surface area contributed by atoms with Crippen molar-refractivity contribution in [2.24, 2.45) is 11.7 Å². The fourth-order valence-corrected chi connectivity index (χ4v) is 2.14. The zero-order chi connectivity index (χ0) is 18.7. The number of amides is 1. The quantitative estimate of drug-likeness (QED) is 0.719. The van der Waals surface area contributed by atoms with E-state index in [0.29, 0.717) is 5.56 Å². The monoisotopic (exact) mass is 366 g/mol. The molecule has 0 saturated heterocycles. The highest BCUT2D eigenvalue weighted by Gasteiger charge is 2.42. The molecule has 134 valence electrons. The van der Waals surface area contributed by atoms with Crippen LogP contribution in [0.2, 0.25) is 5.02 Å². The molecule has 24 heavy (non-hydrogen) atoms. The van der Waals surface area contributed by atoms with Gasteiger partial charge in [0.05, 0.1) is 29.1 Å². The number of anilines is 1. The van der Waals surface area contributed by atoms with Crippen molar-refractivity contribution in [1.29, 1.82) is 0 Å². The molecule has 1 rings (SSSR count). The van der Waals surface area contributed by atoms with E-state index in [1.165, 1.54) is 12.1 Å². The van der Waals surface area contributed by atoms with Gasteiger partial charge in [-0.3, -0.25) is 9.59 Å². The lowest BCUT2D eigenvalue weighted by Crippen LogP contribution is -2.46. The van der Waals surface area contributed by atoms with E-state index in [1.54, 1.807) is 13.0 Å². The molecule has 1 amide bonds. The normalized spacial score (nSPS) is 15.5. The van der Waals surface area contributed by atoms with Crippen molar-refractivity contribution in [2.75, 3.05) is 5.32 Å². The zero-order valence-electron chi connectivity index (χ0n) is 13.0. The van der Waals surface area contributed by atoms with E-state index in [4.69, 9.17) is 22.4 Å². The number of halogens is 4. The summed E-state index contributed by atoms with van der Waals surface area (Å²) in [4.78, 5) is 22.7. The lowest BCUT2D eigenvalue weighted by atomic mass is 9.97. The lowest BCUT2D eigenvalue weighted by Gasteiger charge is -2.22. The summed E-state index contributed by atoms with van der Waals surface area (Å²) < 4.78 is 37.9. The summed E-state index contributed by atoms with van der Waals surface area (Å²) >= 11 is 5.93. The van der Waals surface area contributed by atoms with Crippen molar-refractivity contribution >= 4 is 29.2 Å². The van der Waals surface area contributed by atoms with Crippen molar-refractivity contribution in [2.45, 2.75) is 38.4 Å². The van der Waals surface area contributed by atoms with Crippen molar-refractivity contribution in [1.82, 2.24) is 0 Å². The number of hydrogen-bond acceptors (Lipinski definition) is 3. The van der Waals surface area contributed by atoms with E-state index in [1.807, 2.05) is 0 Å². The maximum absolute atomic E-state index is 12.6. The number of carbonyl (C=O) groups excluding carboxylic acids is 1. The molecule has 4 N–H and O–H groups in total. The van der Waals surface area contributed by atoms with Crippen LogP contribution in [0.15, 0.2) is 18.2 Å². The van der Waals surface area contributed by atoms with E-state index < -0.39 is 30.0 Å². The Balaban J connectivity index is 2.94. The molecule has 9 heteroatoms. The van der Waals surface area contributed by atoms with Crippen molar-refractivity contribution in [3.05, 3.63) is 28.8 Å². The number of aliphatic carboxylic acids is 1. The highest BCUT2D eigenvalue weighted by Crippen LogP contribution is 2.30. The van der Waals surface area contributed by atoms with Crippen LogP contribution >= 0.6 is 11.6 Å². The Labute approximate surface area is 142 Å². The number of carbonyl (C=O) groups is 2. The predicted molar refractivity (Wildman–Crippen MR) is 83.9 cm³/mol. The molecular formula is C15H18ClF3N2O3. The molecule has 0 heterocycles. The van der Waals surface area contributed by atoms with Crippen molar-refractivity contribution in [3.8, 4) is 0 Å². The number of benzene rings is 1. The summed E-state index contributed by atoms with van der Waals surface area (Å²) in [5.41, 5.74) is 6.02. The minimum Gasteiger partial charge on any atom is -0.481 e. The van der Waals surface area contributed by atoms with Gasteiger partial charge in [0.25, 0.3) is 0 Å². The highest BCUT2D eigenvalue weighted by atomic mass is 35.5. The Kier molecular flexibility index (Phi) is 6.62. The molecule has 0 saturated carbocycles. The molecule has 0 aliphatic carbocycles. The Morgan fingerprint density at radius 1 is 1.33 bits per heavy atom. The summed E-state index contributed by atoms with van der Waals surface area (Å²) in [6, 6.07) is 2.66. The van der Waals surface area contributed by atoms with Crippen LogP contribution < -0.4 is 11.1 Å². The number of nitrogens with one attached hydrogen (secondary N) is 1. The predicted octanol–water partition coefficient (Wildman–Crippen LogP) is 3.38. The number of alkyl halides is 3. The van der Waals surface area contributed by atoms with Gasteiger partial charge in [-0.15, -0.1) is 0 Å². The smallest absolute Gasteiger partial charge is 0.393 e. The van der Waals surface area contributed by atoms with Gasteiger partial charge in [-0.1, -0.05) is 31.5 Å². The van der Waals surface area contributed by atoms with Crippen LogP contribution in [0.25, 0.3) is 0 Å². The first-order chi connectivity index (χ1) is 10.9. The molecule has 0 aliphatic heterocycles. The maximum Gasteiger partial charge on any atom is 0.393 e. The van der Waals surface area contributed by atoms with Gasteiger partial charge >= 0.3 is 12.1 Å². The Hall–Kier alpha value is -1.80. The van der Waals surface area contributed by atoms with Gasteiger partial charge in [0, 0.05) is 0 Å². The standard InChI is InChI=1S/C15H18ClF3N2O3/c1-7(5-12(22)23)9-3-4-10(16)11(6-9)21-14(24)13(20)8(2)15(17,18)19/h3-4,6-8,13H,5,20H2,1-2H3,(H,21,24)(H,22,23)/t7-,8+,13+/m0/s1. The fourth-order valence-electron chi connectivity index (χ4n) is 1.97. The topological polar surface area (TPSA) is 92.4 Å². The number of carboxylic acids is 1. The summed E-state index contributed by atoms with van der Waals surface area (Å²) in [5.74, 6) is -4.41. The molecule has 0 bridgehead atoms. The summed E-state index contributed by atoms with van der Waals surface area (Å²) in [5, 5.41) is 11.2. The average Bonchev–Trinajstić information content (AvgIpc) is 2.46. The number of hydrogen-bond donors (Lipinski definition) is 3. The molecule has 3 atom stereocenters. The number of carboxylic acid groups (broad SMARTS) is 1. The molecule has 5 nitrogen and oxygen atoms in total. The molecular weight excluding hydrogens is 349 g/mol. The molecule has 1 aromatic carbocycles. The summed E-state index contributed by atoms with van der Waals surface area (Å²) in [6.07, 6.45) is -4.74. The molecule has 0 aromatic heterocycles. The van der Waals surface area contributed by atoms with E-state index in [9.17, 15) is 22.8 Å². The highest BCUT2D eigenvalue weighted by molar-refractivity contribution is 6.33. The van der Waals surface area contributed by atoms with E-state index >= 15 is 0 Å². The summed E-state index contributed by atoms with van der Waals surface area (Å²) in [7, 11) is 0. The third-order valence-corrected chi connectivity index (χ3v) is 3.99. The van der Waals surface area contributed by atoms with Crippen LogP contribution in [0.4, 0.5) is 18.9 Å². The molecule has 0 radical (unpaired) electrons. The van der Waals surface area contributed by atoms with Crippen LogP contribution in [-0.2, 0) is 9.59 Å². The second-order valence-electron chi connectivity index (χ2n) is 5.58. The first-order valence-electron chi connectivity index (χ1n) is 7.08. The van der Waals surface area contributed by atoms with Gasteiger partial charge < -0.3 is 16.2 Å². The third-order valence-electron chi connectivity index (χ3n) is 3.66. The van der Waals surface area contributed by atoms with Crippen molar-refractivity contribution in [3.63, 3.8) is 0 Å². The van der Waals surface area contributed by atoms with Crippen LogP contribution in [0, 0.1) is 5.92 Å². The van der Waals surface area contributed by atoms with Crippen LogP contribution in [-0.4, -0.2) is 29.2 Å². The van der Waals surface area contributed by atoms with Crippen molar-refractivity contribution < 1.29 is 27.9 Å². The molecule has 0 aliphatic rings. The van der Waals surface area contributed by atoms with E-state index in [2.05, 4.69) is 5.32 Å². The van der Waals surface area contributed by atoms with Gasteiger partial charge in [-0.2, -0.15) is 13.2 Å². The Bertz CT molecular complexity index is 622. The SMILES string of the molecule is C[C@H]([C@@H](N)C(=O)Nc1cc([C@@H](C)CC(=O)O)ccc1Cl)C(F)(F)F. The molecule has 0 unspecified atom stereocenters. The van der Waals surface area contributed by atoms with E-state index in [-0.39, 0.29) is 23.0 Å². The Morgan fingerprint density at radius 2 is 1.92 bits per heavy atom. The zero-order valence-corrected chi connectivity index (χ0v) is 13.8. The molecule has 0 fully saturated rings. The van der Waals surface area contributed by atoms with Gasteiger partial charge in [0.1, 0.15) is 0 Å². The first kappa shape index (κ1) is 20.2. The average molecular weight is 367 g/mol. The minimum atomic E-state index is -4.60. The lowest BCUT2D eigenvalue weighted by molar-refractivity contribution is -0.176. The number of rotatable bonds is 6. The van der Waals surface area contributed by atoms with Crippen LogP contribution in [0.5, 0.6) is 0 Å². The summed E-state index contributed by atoms with van der Waals surface area (Å²) in [6.45, 7) is 2.48. The second-order valence-corrected chi connectivity index (χ2v) is 5.99. The maximum atomic E-state index is 12.6. The first-order valence-corrected chi connectivity index (χ1v) is 7.45. The molecule has 1 aromatic rings. The largest absolute Gasteiger partial charge is 0.481 e. The van der Waals surface area contributed by atoms with E-state index in [0.717, 1.165) is 6.92 Å². The minimum absolute atomic E-state index is 0.0845. The van der Waals surface area contributed by atoms with Gasteiger partial charge in [0.2, 0.25) is 5.91 Å². The second kappa shape index (κ2) is 7.85. The number of nitrogens with two attached hydrogens (primary N) is 1. The van der Waals surface area contributed by atoms with Gasteiger partial charge in [-0.25, -0.2) is 0 Å². The third kappa shape index (κ3) is 5.38. The molecule has 0 spiro atoms. The van der Waals surface area contributed by atoms with Crippen LogP contribution in [0.3, 0.4) is 0 Å². The van der Waals surface area contributed by atoms with Gasteiger partial charge in [-0.05, 0) is 23.6 Å². The van der Waals surface area contributed by atoms with Gasteiger partial charge in [0.15, 0.2) is 0 Å². The Morgan fingerprint density at radius 3 is 2.42 bits per heavy atom. The van der Waals surface area contributed by atoms with Crippen LogP contribution in [0.1, 0.15) is 31.7 Å².